The van der Waals surface area contributed by atoms with Gasteiger partial charge in [-0.15, -0.1) is 0 Å². The summed E-state index contributed by atoms with van der Waals surface area (Å²) in [6.45, 7) is 4.22. The fourth-order valence-corrected chi connectivity index (χ4v) is 5.44. The molecule has 0 amide bonds. The topological polar surface area (TPSA) is 167 Å². The predicted octanol–water partition coefficient (Wildman–Crippen LogP) is 0.697. The number of carbonyl (C=O) groups excluding carboxylic acids is 1. The van der Waals surface area contributed by atoms with Crippen molar-refractivity contribution < 1.29 is 37.7 Å². The number of esters is 1. The van der Waals surface area contributed by atoms with Gasteiger partial charge in [0.1, 0.15) is 29.6 Å². The van der Waals surface area contributed by atoms with Crippen LogP contribution in [0.15, 0.2) is 52.2 Å². The van der Waals surface area contributed by atoms with E-state index in [4.69, 9.17) is 23.3 Å². The normalized spacial score (nSPS) is 27.5. The van der Waals surface area contributed by atoms with E-state index in [0.29, 0.717) is 0 Å². The van der Waals surface area contributed by atoms with E-state index in [1.165, 1.54) is 13.1 Å². The van der Waals surface area contributed by atoms with Crippen molar-refractivity contribution >= 4 is 13.7 Å². The van der Waals surface area contributed by atoms with Crippen LogP contribution in [0, 0.1) is 0 Å². The minimum absolute atomic E-state index is 0.121. The lowest BCUT2D eigenvalue weighted by atomic mass is 10.0. The van der Waals surface area contributed by atoms with E-state index in [1.807, 2.05) is 0 Å². The average molecular weight is 525 g/mol. The second-order valence-corrected chi connectivity index (χ2v) is 10.5. The van der Waals surface area contributed by atoms with E-state index in [0.717, 1.165) is 10.6 Å². The number of aromatic nitrogens is 2. The fraction of sp³-hybridized carbons (Fsp3) is 0.500. The van der Waals surface area contributed by atoms with Gasteiger partial charge in [-0.1, -0.05) is 18.2 Å². The first-order valence-corrected chi connectivity index (χ1v) is 12.8. The molecule has 2 bridgehead atoms. The van der Waals surface area contributed by atoms with Crippen LogP contribution in [0.25, 0.3) is 0 Å². The summed E-state index contributed by atoms with van der Waals surface area (Å²) in [4.78, 5) is 38.1. The molecule has 3 heterocycles. The van der Waals surface area contributed by atoms with Crippen LogP contribution in [0.2, 0.25) is 0 Å². The van der Waals surface area contributed by atoms with Gasteiger partial charge in [-0.25, -0.2) is 9.36 Å². The van der Waals surface area contributed by atoms with Crippen LogP contribution >= 0.6 is 7.75 Å². The zero-order valence-corrected chi connectivity index (χ0v) is 20.8. The average Bonchev–Trinajstić information content (AvgIpc) is 3.27. The third-order valence-electron chi connectivity index (χ3n) is 5.64. The van der Waals surface area contributed by atoms with Crippen LogP contribution in [0.4, 0.5) is 0 Å². The van der Waals surface area contributed by atoms with Crippen LogP contribution in [0.3, 0.4) is 0 Å². The van der Waals surface area contributed by atoms with Crippen LogP contribution in [-0.4, -0.2) is 63.8 Å². The summed E-state index contributed by atoms with van der Waals surface area (Å²) >= 11 is 0. The number of hydrogen-bond donors (Lipinski definition) is 3. The molecule has 36 heavy (non-hydrogen) atoms. The van der Waals surface area contributed by atoms with Gasteiger partial charge in [-0.3, -0.25) is 23.7 Å². The lowest BCUT2D eigenvalue weighted by Gasteiger charge is -2.32. The first-order chi connectivity index (χ1) is 17.0. The maximum Gasteiger partial charge on any atom is 0.459 e. The van der Waals surface area contributed by atoms with E-state index < -0.39 is 61.7 Å². The van der Waals surface area contributed by atoms with Crippen molar-refractivity contribution in [3.63, 3.8) is 0 Å². The molecule has 4 rings (SSSR count). The second kappa shape index (κ2) is 10.3. The number of benzene rings is 1. The molecule has 196 valence electrons. The monoisotopic (exact) mass is 525 g/mol. The minimum atomic E-state index is -4.23. The van der Waals surface area contributed by atoms with E-state index in [1.54, 1.807) is 44.2 Å². The van der Waals surface area contributed by atoms with Crippen LogP contribution in [0.1, 0.15) is 27.0 Å². The molecule has 0 saturated carbocycles. The molecule has 2 aliphatic heterocycles. The molecule has 0 aliphatic carbocycles. The molecular weight excluding hydrogens is 497 g/mol. The summed E-state index contributed by atoms with van der Waals surface area (Å²) in [5.74, 6) is -0.455. The number of H-pyrrole nitrogens is 1. The van der Waals surface area contributed by atoms with Crippen molar-refractivity contribution in [2.45, 2.75) is 57.0 Å². The number of aliphatic hydroxyl groups is 1. The highest BCUT2D eigenvalue weighted by atomic mass is 31.2. The maximum atomic E-state index is 13.7. The van der Waals surface area contributed by atoms with Gasteiger partial charge in [0.15, 0.2) is 6.23 Å². The smallest absolute Gasteiger partial charge is 0.459 e. The molecule has 1 aromatic heterocycles. The number of fused-ring (bicyclic) bond motifs is 2. The molecule has 14 heteroatoms. The van der Waals surface area contributed by atoms with Gasteiger partial charge < -0.3 is 23.8 Å². The molecule has 13 nitrogen and oxygen atoms in total. The zero-order chi connectivity index (χ0) is 26.1. The third kappa shape index (κ3) is 5.46. The summed E-state index contributed by atoms with van der Waals surface area (Å²) in [6.07, 6.45) is -2.43. The van der Waals surface area contributed by atoms with Crippen LogP contribution in [-0.2, 0) is 28.1 Å². The maximum absolute atomic E-state index is 13.7. The van der Waals surface area contributed by atoms with E-state index in [2.05, 4.69) is 10.1 Å². The Kier molecular flexibility index (Phi) is 7.51. The Balaban J connectivity index is 1.54. The first-order valence-electron chi connectivity index (χ1n) is 11.3. The zero-order valence-electron chi connectivity index (χ0n) is 19.9. The van der Waals surface area contributed by atoms with Gasteiger partial charge >= 0.3 is 19.4 Å². The SMILES string of the molecule is CC(C)OC(=O)[C@@H](C)N[P@@](=O)(OC[C@@]12CO[C@@H](C(n3ccc(=O)[nH]c3=O)O1)[C@@H]2O)Oc1ccccc1. The first kappa shape index (κ1) is 26.3. The number of para-hydroxylation sites is 1. The van der Waals surface area contributed by atoms with Gasteiger partial charge in [0.2, 0.25) is 0 Å². The van der Waals surface area contributed by atoms with Crippen molar-refractivity contribution in [3.8, 4) is 5.75 Å². The van der Waals surface area contributed by atoms with Gasteiger partial charge in [-0.2, -0.15) is 5.09 Å². The molecule has 2 saturated heterocycles. The van der Waals surface area contributed by atoms with E-state index >= 15 is 0 Å². The van der Waals surface area contributed by atoms with E-state index in [-0.39, 0.29) is 18.5 Å². The largest absolute Gasteiger partial charge is 0.462 e. The van der Waals surface area contributed by atoms with Crippen molar-refractivity contribution in [1.82, 2.24) is 14.6 Å². The Bertz CT molecular complexity index is 1250. The number of nitrogens with zero attached hydrogens (tertiary/aromatic N) is 1. The number of hydrogen-bond acceptors (Lipinski definition) is 10. The molecule has 0 radical (unpaired) electrons. The third-order valence-corrected chi connectivity index (χ3v) is 7.26. The van der Waals surface area contributed by atoms with Gasteiger partial charge in [-0.05, 0) is 32.9 Å². The summed E-state index contributed by atoms with van der Waals surface area (Å²) in [6, 6.07) is 8.26. The predicted molar refractivity (Wildman–Crippen MR) is 124 cm³/mol. The van der Waals surface area contributed by atoms with Gasteiger partial charge in [0.05, 0.1) is 19.3 Å². The number of rotatable bonds is 10. The fourth-order valence-electron chi connectivity index (χ4n) is 3.90. The Labute approximate surface area is 205 Å². The number of aromatic amines is 1. The number of aliphatic hydroxyl groups excluding tert-OH is 1. The molecule has 0 spiro atoms. The van der Waals surface area contributed by atoms with Crippen molar-refractivity contribution in [1.29, 1.82) is 0 Å². The summed E-state index contributed by atoms with van der Waals surface area (Å²) in [5.41, 5.74) is -2.83. The Morgan fingerprint density at radius 3 is 2.67 bits per heavy atom. The van der Waals surface area contributed by atoms with E-state index in [9.17, 15) is 24.1 Å². The Morgan fingerprint density at radius 2 is 2.00 bits per heavy atom. The van der Waals surface area contributed by atoms with Crippen molar-refractivity contribution in [2.75, 3.05) is 13.2 Å². The summed E-state index contributed by atoms with van der Waals surface area (Å²) < 4.78 is 42.8. The second-order valence-electron chi connectivity index (χ2n) is 8.82. The van der Waals surface area contributed by atoms with Crippen molar-refractivity contribution in [3.05, 3.63) is 63.4 Å². The molecule has 2 aromatic rings. The summed E-state index contributed by atoms with van der Waals surface area (Å²) in [5, 5.41) is 13.4. The highest BCUT2D eigenvalue weighted by Gasteiger charge is 2.62. The molecule has 6 atom stereocenters. The highest BCUT2D eigenvalue weighted by Crippen LogP contribution is 2.50. The lowest BCUT2D eigenvalue weighted by Crippen LogP contribution is -2.46. The molecular formula is C22H28N3O10P. The number of carbonyl (C=O) groups is 1. The quantitative estimate of drug-likeness (QED) is 0.295. The van der Waals surface area contributed by atoms with Crippen molar-refractivity contribution in [2.24, 2.45) is 0 Å². The molecule has 2 aliphatic rings. The summed E-state index contributed by atoms with van der Waals surface area (Å²) in [7, 11) is -4.23. The Hall–Kier alpha value is -2.80. The van der Waals surface area contributed by atoms with Gasteiger partial charge in [0.25, 0.3) is 5.56 Å². The molecule has 1 unspecified atom stereocenters. The van der Waals surface area contributed by atoms with Crippen LogP contribution < -0.4 is 20.9 Å². The van der Waals surface area contributed by atoms with Crippen LogP contribution in [0.5, 0.6) is 5.75 Å². The lowest BCUT2D eigenvalue weighted by molar-refractivity contribution is -0.185. The molecule has 3 N–H and O–H groups in total. The highest BCUT2D eigenvalue weighted by molar-refractivity contribution is 7.52. The molecule has 1 aromatic carbocycles. The van der Waals surface area contributed by atoms with Gasteiger partial charge in [0, 0.05) is 12.3 Å². The number of ether oxygens (including phenoxy) is 3. The Morgan fingerprint density at radius 1 is 1.28 bits per heavy atom. The molecule has 2 fully saturated rings. The minimum Gasteiger partial charge on any atom is -0.462 e. The number of nitrogens with one attached hydrogen (secondary N) is 2. The standard InChI is InChI=1S/C22H28N3O10P/c1-13(2)33-20(28)14(3)24-36(30,35-15-7-5-4-6-8-15)32-12-22-11-31-17(18(22)27)19(34-22)25-10-9-16(26)23-21(25)29/h4-10,13-14,17-19,27H,11-12H2,1-3H3,(H,24,30)(H,23,26,29)/t14-,17-,18+,19?,22-,36-/m1/s1.